The van der Waals surface area contributed by atoms with Crippen molar-refractivity contribution in [3.8, 4) is 5.75 Å². The number of aliphatic hydroxyl groups excluding tert-OH is 1. The second kappa shape index (κ2) is 14.2. The number of likely N-dealkylation sites (tertiary alicyclic amines) is 1. The first-order chi connectivity index (χ1) is 24.9. The lowest BCUT2D eigenvalue weighted by Gasteiger charge is -2.39. The van der Waals surface area contributed by atoms with Gasteiger partial charge >= 0.3 is 0 Å². The molecule has 2 unspecified atom stereocenters. The number of aliphatic hydroxyl groups is 1. The number of hydrogen-bond donors (Lipinski definition) is 1. The van der Waals surface area contributed by atoms with Crippen LogP contribution in [0, 0.1) is 11.8 Å². The lowest BCUT2D eigenvalue weighted by molar-refractivity contribution is -0.144. The maximum Gasteiger partial charge on any atom is 0.253 e. The Bertz CT molecular complexity index is 1950. The van der Waals surface area contributed by atoms with Crippen molar-refractivity contribution < 1.29 is 29.0 Å². The molecule has 262 valence electrons. The van der Waals surface area contributed by atoms with Crippen LogP contribution in [0.25, 0.3) is 10.8 Å². The molecule has 3 heterocycles. The van der Waals surface area contributed by atoms with E-state index in [-0.39, 0.29) is 30.8 Å². The number of anilines is 2. The first kappa shape index (κ1) is 34.2. The van der Waals surface area contributed by atoms with Gasteiger partial charge in [-0.2, -0.15) is 0 Å². The fourth-order valence-electron chi connectivity index (χ4n) is 8.48. The fourth-order valence-corrected chi connectivity index (χ4v) is 8.48. The van der Waals surface area contributed by atoms with E-state index in [1.165, 1.54) is 4.90 Å². The predicted molar refractivity (Wildman–Crippen MR) is 197 cm³/mol. The van der Waals surface area contributed by atoms with Crippen LogP contribution >= 0.6 is 0 Å². The number of fused-ring (bicyclic) bond motifs is 2. The molecule has 0 radical (unpaired) electrons. The van der Waals surface area contributed by atoms with Crippen LogP contribution < -0.4 is 14.5 Å². The molecule has 9 heteroatoms. The molecule has 3 amide bonds. The summed E-state index contributed by atoms with van der Waals surface area (Å²) in [7, 11) is 0. The van der Waals surface area contributed by atoms with E-state index in [1.807, 2.05) is 104 Å². The zero-order chi connectivity index (χ0) is 35.7. The van der Waals surface area contributed by atoms with Crippen molar-refractivity contribution in [2.75, 3.05) is 36.1 Å². The second-order valence-electron chi connectivity index (χ2n) is 13.3. The molecule has 4 aromatic carbocycles. The van der Waals surface area contributed by atoms with Gasteiger partial charge in [0.2, 0.25) is 11.8 Å². The van der Waals surface area contributed by atoms with E-state index in [9.17, 15) is 9.90 Å². The third-order valence-corrected chi connectivity index (χ3v) is 10.6. The van der Waals surface area contributed by atoms with Gasteiger partial charge in [-0.05, 0) is 72.5 Å². The van der Waals surface area contributed by atoms with Gasteiger partial charge < -0.3 is 29.3 Å². The summed E-state index contributed by atoms with van der Waals surface area (Å²) in [5.41, 5.74) is 0.694. The highest BCUT2D eigenvalue weighted by molar-refractivity contribution is 6.07. The molecule has 7 rings (SSSR count). The normalized spacial score (nSPS) is 23.9. The Morgan fingerprint density at radius 3 is 2.24 bits per heavy atom. The highest BCUT2D eigenvalue weighted by Crippen LogP contribution is 2.60. The summed E-state index contributed by atoms with van der Waals surface area (Å²) in [6.07, 6.45) is 3.68. The highest BCUT2D eigenvalue weighted by Gasteiger charge is 2.75. The minimum absolute atomic E-state index is 0.183. The van der Waals surface area contributed by atoms with E-state index in [1.54, 1.807) is 22.0 Å². The van der Waals surface area contributed by atoms with Gasteiger partial charge in [-0.25, -0.2) is 0 Å². The van der Waals surface area contributed by atoms with E-state index < -0.39 is 42.2 Å². The van der Waals surface area contributed by atoms with Crippen molar-refractivity contribution >= 4 is 39.9 Å². The van der Waals surface area contributed by atoms with Crippen LogP contribution in [-0.4, -0.2) is 71.8 Å². The van der Waals surface area contributed by atoms with E-state index in [2.05, 4.69) is 13.2 Å². The summed E-state index contributed by atoms with van der Waals surface area (Å²) < 4.78 is 12.4. The van der Waals surface area contributed by atoms with Crippen molar-refractivity contribution in [2.24, 2.45) is 11.8 Å². The molecule has 0 aliphatic carbocycles. The van der Waals surface area contributed by atoms with Crippen molar-refractivity contribution in [1.29, 1.82) is 0 Å². The number of hydrogen-bond acceptors (Lipinski definition) is 6. The first-order valence-electron chi connectivity index (χ1n) is 17.6. The molecule has 3 aliphatic rings. The Hall–Kier alpha value is -5.25. The maximum atomic E-state index is 15.2. The number of carbonyl (C=O) groups excluding carboxylic acids is 3. The number of nitrogens with zero attached hydrogens (tertiary/aromatic N) is 3. The van der Waals surface area contributed by atoms with E-state index in [0.717, 1.165) is 10.8 Å². The predicted octanol–water partition coefficient (Wildman–Crippen LogP) is 6.08. The molecular formula is C42H43N3O6. The molecule has 3 fully saturated rings. The lowest BCUT2D eigenvalue weighted by Crippen LogP contribution is -2.57. The molecule has 3 aliphatic heterocycles. The smallest absolute Gasteiger partial charge is 0.253 e. The molecule has 51 heavy (non-hydrogen) atoms. The Labute approximate surface area is 298 Å². The number of amides is 3. The summed E-state index contributed by atoms with van der Waals surface area (Å²) in [6.45, 7) is 10.2. The summed E-state index contributed by atoms with van der Waals surface area (Å²) in [6, 6.07) is 28.2. The third-order valence-electron chi connectivity index (χ3n) is 10.6. The van der Waals surface area contributed by atoms with Crippen molar-refractivity contribution in [3.63, 3.8) is 0 Å². The largest absolute Gasteiger partial charge is 0.494 e. The average Bonchev–Trinajstić information content (AvgIpc) is 3.81. The first-order valence-corrected chi connectivity index (χ1v) is 17.6. The van der Waals surface area contributed by atoms with E-state index >= 15 is 9.59 Å². The van der Waals surface area contributed by atoms with Gasteiger partial charge in [-0.3, -0.25) is 14.4 Å². The van der Waals surface area contributed by atoms with Gasteiger partial charge in [0.1, 0.15) is 17.4 Å². The van der Waals surface area contributed by atoms with Crippen molar-refractivity contribution in [1.82, 2.24) is 4.90 Å². The minimum Gasteiger partial charge on any atom is -0.494 e. The Morgan fingerprint density at radius 2 is 1.57 bits per heavy atom. The number of rotatable bonds is 13. The third kappa shape index (κ3) is 5.80. The van der Waals surface area contributed by atoms with Crippen molar-refractivity contribution in [2.45, 2.75) is 43.6 Å². The molecule has 9 nitrogen and oxygen atoms in total. The molecule has 0 saturated carbocycles. The van der Waals surface area contributed by atoms with E-state index in [4.69, 9.17) is 9.47 Å². The molecular weight excluding hydrogens is 642 g/mol. The summed E-state index contributed by atoms with van der Waals surface area (Å²) in [4.78, 5) is 49.8. The highest BCUT2D eigenvalue weighted by atomic mass is 16.5. The van der Waals surface area contributed by atoms with Crippen LogP contribution in [0.15, 0.2) is 122 Å². The minimum atomic E-state index is -1.28. The summed E-state index contributed by atoms with van der Waals surface area (Å²) in [5, 5.41) is 12.9. The fraction of sp³-hybridized carbons (Fsp3) is 0.310. The molecule has 4 aromatic rings. The summed E-state index contributed by atoms with van der Waals surface area (Å²) >= 11 is 0. The zero-order valence-corrected chi connectivity index (χ0v) is 28.8. The molecule has 0 aromatic heterocycles. The second-order valence-corrected chi connectivity index (χ2v) is 13.3. The topological polar surface area (TPSA) is 99.6 Å². The molecule has 3 saturated heterocycles. The quantitative estimate of drug-likeness (QED) is 0.171. The molecule has 1 N–H and O–H groups in total. The maximum absolute atomic E-state index is 15.2. The summed E-state index contributed by atoms with van der Waals surface area (Å²) in [5.74, 6) is -2.09. The van der Waals surface area contributed by atoms with Crippen LogP contribution in [0.4, 0.5) is 11.4 Å². The number of carbonyl (C=O) groups is 3. The van der Waals surface area contributed by atoms with Gasteiger partial charge in [0.05, 0.1) is 37.2 Å². The van der Waals surface area contributed by atoms with Crippen LogP contribution in [0.5, 0.6) is 5.75 Å². The van der Waals surface area contributed by atoms with Crippen molar-refractivity contribution in [3.05, 3.63) is 128 Å². The van der Waals surface area contributed by atoms with Gasteiger partial charge in [-0.15, -0.1) is 13.2 Å². The number of ether oxygens (including phenoxy) is 2. The van der Waals surface area contributed by atoms with Gasteiger partial charge in [-0.1, -0.05) is 72.8 Å². The lowest BCUT2D eigenvalue weighted by atomic mass is 9.70. The zero-order valence-electron chi connectivity index (χ0n) is 28.8. The number of benzene rings is 4. The Balaban J connectivity index is 1.32. The standard InChI is InChI=1S/C42H43N3O6/c1-4-24-43(31-18-20-33(21-19-31)50-6-3)39(47)36-35-22-23-42(51-35)37(36)40(48)45(34(27-46)29-13-8-7-9-14-29)38(42)41(49)44(25-5-2)32-17-16-28-12-10-11-15-30(28)26-32/h4-5,7-21,26,34-38,46H,1-2,6,22-25,27H2,3H3/t34-,35+,36-,37+,38?,42?/m1/s1. The van der Waals surface area contributed by atoms with Gasteiger partial charge in [0.15, 0.2) is 0 Å². The van der Waals surface area contributed by atoms with E-state index in [0.29, 0.717) is 42.1 Å². The molecule has 6 atom stereocenters. The monoisotopic (exact) mass is 685 g/mol. The van der Waals surface area contributed by atoms with Crippen LogP contribution in [0.2, 0.25) is 0 Å². The average molecular weight is 686 g/mol. The molecule has 1 spiro atoms. The van der Waals surface area contributed by atoms with Gasteiger partial charge in [0, 0.05) is 24.5 Å². The Kier molecular flexibility index (Phi) is 9.50. The van der Waals surface area contributed by atoms with Gasteiger partial charge in [0.25, 0.3) is 5.91 Å². The molecule has 2 bridgehead atoms. The van der Waals surface area contributed by atoms with Crippen LogP contribution in [-0.2, 0) is 19.1 Å². The van der Waals surface area contributed by atoms with Crippen LogP contribution in [0.1, 0.15) is 31.4 Å². The Morgan fingerprint density at radius 1 is 0.922 bits per heavy atom. The van der Waals surface area contributed by atoms with Crippen LogP contribution in [0.3, 0.4) is 0 Å². The SMILES string of the molecule is C=CCN(C(=O)C1N([C@H](CO)c2ccccc2)C(=O)[C@@H]2[C@H](C(=O)N(CC=C)c3ccc(OCC)cc3)[C@@H]3CCC12O3)c1ccc2ccccc2c1.